The van der Waals surface area contributed by atoms with Gasteiger partial charge in [0.15, 0.2) is 0 Å². The Bertz CT molecular complexity index is 543. The Morgan fingerprint density at radius 1 is 1.47 bits per heavy atom. The van der Waals surface area contributed by atoms with Crippen molar-refractivity contribution < 1.29 is 4.79 Å². The summed E-state index contributed by atoms with van der Waals surface area (Å²) >= 11 is 3.36. The van der Waals surface area contributed by atoms with Crippen LogP contribution in [0.2, 0.25) is 0 Å². The average molecular weight is 297 g/mol. The molecule has 5 nitrogen and oxygen atoms in total. The average Bonchev–Trinajstić information content (AvgIpc) is 2.86. The Kier molecular flexibility index (Phi) is 3.42. The molecule has 0 aromatic carbocycles. The Morgan fingerprint density at radius 3 is 2.82 bits per heavy atom. The van der Waals surface area contributed by atoms with Crippen LogP contribution < -0.4 is 0 Å². The van der Waals surface area contributed by atoms with Crippen molar-refractivity contribution in [3.05, 3.63) is 34.3 Å². The third kappa shape index (κ3) is 2.17. The molecule has 0 aliphatic rings. The second-order valence-electron chi connectivity index (χ2n) is 3.73. The van der Waals surface area contributed by atoms with Crippen molar-refractivity contribution in [3.8, 4) is 0 Å². The van der Waals surface area contributed by atoms with Crippen LogP contribution in [0.3, 0.4) is 0 Å². The molecule has 2 heterocycles. The summed E-state index contributed by atoms with van der Waals surface area (Å²) in [7, 11) is 1.75. The van der Waals surface area contributed by atoms with E-state index in [0.29, 0.717) is 11.4 Å². The lowest BCUT2D eigenvalue weighted by molar-refractivity contribution is 0.101. The van der Waals surface area contributed by atoms with E-state index in [0.717, 1.165) is 17.4 Å². The molecule has 90 valence electrons. The van der Waals surface area contributed by atoms with Gasteiger partial charge in [-0.05, 0) is 28.4 Å². The summed E-state index contributed by atoms with van der Waals surface area (Å²) in [6.45, 7) is 2.78. The van der Waals surface area contributed by atoms with E-state index in [1.807, 2.05) is 6.92 Å². The zero-order valence-corrected chi connectivity index (χ0v) is 11.3. The van der Waals surface area contributed by atoms with Crippen molar-refractivity contribution in [1.29, 1.82) is 0 Å². The molecule has 0 atom stereocenters. The molecule has 0 fully saturated rings. The number of carbonyl (C=O) groups is 1. The molecule has 0 saturated heterocycles. The van der Waals surface area contributed by atoms with E-state index in [1.54, 1.807) is 34.9 Å². The highest BCUT2D eigenvalue weighted by atomic mass is 79.9. The molecule has 2 aromatic heterocycles. The SMILES string of the molecule is CCCn1ncc(Br)c1C(=O)c1ccnn1C. The zero-order valence-electron chi connectivity index (χ0n) is 9.72. The number of hydrogen-bond acceptors (Lipinski definition) is 3. The Hall–Kier alpha value is -1.43. The number of hydrogen-bond donors (Lipinski definition) is 0. The Balaban J connectivity index is 2.43. The number of aryl methyl sites for hydroxylation is 2. The van der Waals surface area contributed by atoms with Gasteiger partial charge in [0.05, 0.1) is 10.7 Å². The van der Waals surface area contributed by atoms with Gasteiger partial charge in [-0.1, -0.05) is 6.92 Å². The van der Waals surface area contributed by atoms with Crippen LogP contribution in [-0.2, 0) is 13.6 Å². The monoisotopic (exact) mass is 296 g/mol. The maximum Gasteiger partial charge on any atom is 0.230 e. The van der Waals surface area contributed by atoms with Gasteiger partial charge in [0.1, 0.15) is 11.4 Å². The molecule has 0 unspecified atom stereocenters. The molecule has 2 aromatic rings. The summed E-state index contributed by atoms with van der Waals surface area (Å²) in [5.41, 5.74) is 1.14. The first-order valence-corrected chi connectivity index (χ1v) is 6.18. The van der Waals surface area contributed by atoms with Crippen LogP contribution in [0, 0.1) is 0 Å². The highest BCUT2D eigenvalue weighted by Gasteiger charge is 2.20. The van der Waals surface area contributed by atoms with Gasteiger partial charge in [-0.3, -0.25) is 14.2 Å². The summed E-state index contributed by atoms with van der Waals surface area (Å²) in [4.78, 5) is 12.4. The molecule has 0 aliphatic carbocycles. The van der Waals surface area contributed by atoms with Gasteiger partial charge in [-0.15, -0.1) is 0 Å². The molecule has 0 amide bonds. The van der Waals surface area contributed by atoms with E-state index in [-0.39, 0.29) is 5.78 Å². The van der Waals surface area contributed by atoms with Crippen LogP contribution in [0.1, 0.15) is 29.5 Å². The van der Waals surface area contributed by atoms with Gasteiger partial charge < -0.3 is 0 Å². The van der Waals surface area contributed by atoms with Crippen LogP contribution in [0.5, 0.6) is 0 Å². The lowest BCUT2D eigenvalue weighted by Gasteiger charge is -2.06. The van der Waals surface area contributed by atoms with Gasteiger partial charge >= 0.3 is 0 Å². The predicted octanol–water partition coefficient (Wildman–Crippen LogP) is 2.02. The van der Waals surface area contributed by atoms with Crippen molar-refractivity contribution in [2.75, 3.05) is 0 Å². The largest absolute Gasteiger partial charge is 0.285 e. The molecule has 0 aliphatic heterocycles. The highest BCUT2D eigenvalue weighted by molar-refractivity contribution is 9.10. The zero-order chi connectivity index (χ0) is 12.4. The standard InChI is InChI=1S/C11H13BrN4O/c1-3-6-16-10(8(12)7-14-16)11(17)9-4-5-13-15(9)2/h4-5,7H,3,6H2,1-2H3. The molecule has 2 rings (SSSR count). The van der Waals surface area contributed by atoms with Gasteiger partial charge in [-0.2, -0.15) is 10.2 Å². The van der Waals surface area contributed by atoms with Gasteiger partial charge in [0.2, 0.25) is 5.78 Å². The van der Waals surface area contributed by atoms with E-state index < -0.39 is 0 Å². The Labute approximate surface area is 108 Å². The number of nitrogens with zero attached hydrogens (tertiary/aromatic N) is 4. The first-order chi connectivity index (χ1) is 8.15. The highest BCUT2D eigenvalue weighted by Crippen LogP contribution is 2.19. The van der Waals surface area contributed by atoms with Crippen molar-refractivity contribution in [1.82, 2.24) is 19.6 Å². The predicted molar refractivity (Wildman–Crippen MR) is 66.9 cm³/mol. The molecule has 0 bridgehead atoms. The number of rotatable bonds is 4. The molecule has 6 heteroatoms. The topological polar surface area (TPSA) is 52.7 Å². The van der Waals surface area contributed by atoms with Gasteiger partial charge in [0.25, 0.3) is 0 Å². The summed E-state index contributed by atoms with van der Waals surface area (Å²) in [5, 5.41) is 8.19. The first-order valence-electron chi connectivity index (χ1n) is 5.39. The molecular weight excluding hydrogens is 284 g/mol. The van der Waals surface area contributed by atoms with E-state index in [1.165, 1.54) is 0 Å². The smallest absolute Gasteiger partial charge is 0.230 e. The van der Waals surface area contributed by atoms with E-state index in [4.69, 9.17) is 0 Å². The molecular formula is C11H13BrN4O. The van der Waals surface area contributed by atoms with Crippen molar-refractivity contribution in [2.24, 2.45) is 7.05 Å². The lowest BCUT2D eigenvalue weighted by atomic mass is 10.2. The van der Waals surface area contributed by atoms with E-state index >= 15 is 0 Å². The lowest BCUT2D eigenvalue weighted by Crippen LogP contribution is -2.15. The van der Waals surface area contributed by atoms with Crippen LogP contribution in [-0.4, -0.2) is 25.3 Å². The minimum Gasteiger partial charge on any atom is -0.285 e. The van der Waals surface area contributed by atoms with Crippen LogP contribution >= 0.6 is 15.9 Å². The third-order valence-electron chi connectivity index (χ3n) is 2.50. The second kappa shape index (κ2) is 4.83. The minimum absolute atomic E-state index is 0.0668. The number of aromatic nitrogens is 4. The fraction of sp³-hybridized carbons (Fsp3) is 0.364. The first kappa shape index (κ1) is 12.0. The maximum absolute atomic E-state index is 12.4. The minimum atomic E-state index is -0.0668. The Morgan fingerprint density at radius 2 is 2.24 bits per heavy atom. The molecule has 0 spiro atoms. The second-order valence-corrected chi connectivity index (χ2v) is 4.59. The van der Waals surface area contributed by atoms with Crippen LogP contribution in [0.15, 0.2) is 22.9 Å². The van der Waals surface area contributed by atoms with Gasteiger partial charge in [-0.25, -0.2) is 0 Å². The number of carbonyl (C=O) groups excluding carboxylic acids is 1. The van der Waals surface area contributed by atoms with E-state index in [9.17, 15) is 4.79 Å². The molecule has 17 heavy (non-hydrogen) atoms. The van der Waals surface area contributed by atoms with E-state index in [2.05, 4.69) is 26.1 Å². The van der Waals surface area contributed by atoms with Crippen LogP contribution in [0.25, 0.3) is 0 Å². The van der Waals surface area contributed by atoms with Crippen molar-refractivity contribution in [3.63, 3.8) is 0 Å². The molecule has 0 radical (unpaired) electrons. The molecule has 0 saturated carbocycles. The number of halogens is 1. The maximum atomic E-state index is 12.4. The normalized spacial score (nSPS) is 10.8. The summed E-state index contributed by atoms with van der Waals surface area (Å²) in [5.74, 6) is -0.0668. The molecule has 0 N–H and O–H groups in total. The van der Waals surface area contributed by atoms with Gasteiger partial charge in [0, 0.05) is 19.8 Å². The van der Waals surface area contributed by atoms with Crippen molar-refractivity contribution in [2.45, 2.75) is 19.9 Å². The number of ketones is 1. The van der Waals surface area contributed by atoms with Crippen LogP contribution in [0.4, 0.5) is 0 Å². The summed E-state index contributed by atoms with van der Waals surface area (Å²) < 4.78 is 4.01. The van der Waals surface area contributed by atoms with Crippen molar-refractivity contribution >= 4 is 21.7 Å². The summed E-state index contributed by atoms with van der Waals surface area (Å²) in [6, 6.07) is 1.71. The quantitative estimate of drug-likeness (QED) is 0.811. The fourth-order valence-corrected chi connectivity index (χ4v) is 2.16. The third-order valence-corrected chi connectivity index (χ3v) is 3.08. The fourth-order valence-electron chi connectivity index (χ4n) is 1.69. The summed E-state index contributed by atoms with van der Waals surface area (Å²) in [6.07, 6.45) is 4.20.